The molecule has 3 heterocycles. The number of rotatable bonds is 3. The molecule has 132 valence electrons. The Morgan fingerprint density at radius 2 is 1.88 bits per heavy atom. The molecule has 3 aromatic heterocycles. The highest BCUT2D eigenvalue weighted by Gasteiger charge is 2.17. The van der Waals surface area contributed by atoms with Gasteiger partial charge in [-0.25, -0.2) is 9.78 Å². The fourth-order valence-electron chi connectivity index (χ4n) is 2.84. The van der Waals surface area contributed by atoms with Gasteiger partial charge in [0.2, 0.25) is 5.95 Å². The van der Waals surface area contributed by atoms with E-state index < -0.39 is 5.97 Å². The van der Waals surface area contributed by atoms with E-state index in [0.29, 0.717) is 11.5 Å². The van der Waals surface area contributed by atoms with Gasteiger partial charge in [-0.15, -0.1) is 24.0 Å². The van der Waals surface area contributed by atoms with Gasteiger partial charge in [0, 0.05) is 35.9 Å². The molecular weight excluding hydrogens is 447 g/mol. The first-order valence-electron chi connectivity index (χ1n) is 7.63. The molecule has 0 bridgehead atoms. The number of aromatic amines is 1. The van der Waals surface area contributed by atoms with E-state index in [4.69, 9.17) is 0 Å². The number of aromatic carboxylic acids is 1. The average Bonchev–Trinajstić information content (AvgIpc) is 3.25. The van der Waals surface area contributed by atoms with Crippen molar-refractivity contribution in [2.24, 2.45) is 0 Å². The lowest BCUT2D eigenvalue weighted by Gasteiger charge is -2.09. The number of pyridine rings is 1. The number of nitrogens with one attached hydrogen (secondary N) is 1. The number of halogens is 1. The summed E-state index contributed by atoms with van der Waals surface area (Å²) in [5, 5.41) is 9.47. The lowest BCUT2D eigenvalue weighted by atomic mass is 10.2. The molecule has 0 spiro atoms. The Morgan fingerprint density at radius 1 is 1.15 bits per heavy atom. The van der Waals surface area contributed by atoms with Crippen LogP contribution in [0.15, 0.2) is 59.8 Å². The van der Waals surface area contributed by atoms with Crippen LogP contribution in [0.4, 0.5) is 0 Å². The second-order valence-corrected chi connectivity index (χ2v) is 5.68. The number of hydrogen-bond donors (Lipinski definition) is 2. The normalized spacial score (nSPS) is 10.7. The molecule has 8 heteroatoms. The predicted octanol–water partition coefficient (Wildman–Crippen LogP) is 3.13. The number of carboxylic acid groups (broad SMARTS) is 1. The maximum Gasteiger partial charge on any atom is 0.353 e. The Hall–Kier alpha value is -2.88. The van der Waals surface area contributed by atoms with Crippen LogP contribution in [0.1, 0.15) is 16.1 Å². The first kappa shape index (κ1) is 17.9. The third kappa shape index (κ3) is 2.92. The number of nitrogens with zero attached hydrogens (tertiary/aromatic N) is 3. The van der Waals surface area contributed by atoms with E-state index in [1.54, 1.807) is 0 Å². The van der Waals surface area contributed by atoms with Crippen LogP contribution in [-0.4, -0.2) is 30.2 Å². The summed E-state index contributed by atoms with van der Waals surface area (Å²) in [7, 11) is 0. The Balaban J connectivity index is 0.00000196. The van der Waals surface area contributed by atoms with Crippen LogP contribution in [0.3, 0.4) is 0 Å². The van der Waals surface area contributed by atoms with E-state index in [0.717, 1.165) is 11.2 Å². The highest BCUT2D eigenvalue weighted by Crippen LogP contribution is 2.19. The average molecular weight is 462 g/mol. The summed E-state index contributed by atoms with van der Waals surface area (Å²) in [4.78, 5) is 30.9. The summed E-state index contributed by atoms with van der Waals surface area (Å²) in [6, 6.07) is 10.9. The molecule has 0 radical (unpaired) electrons. The number of carboxylic acids is 1. The zero-order valence-corrected chi connectivity index (χ0v) is 16.0. The van der Waals surface area contributed by atoms with Gasteiger partial charge in [0.25, 0.3) is 0 Å². The summed E-state index contributed by atoms with van der Waals surface area (Å²) in [6.07, 6.45) is 5.29. The number of aromatic nitrogens is 4. The minimum atomic E-state index is -1.18. The van der Waals surface area contributed by atoms with Gasteiger partial charge in [-0.2, -0.15) is 0 Å². The lowest BCUT2D eigenvalue weighted by molar-refractivity contribution is 0.0686. The van der Waals surface area contributed by atoms with E-state index in [1.165, 1.54) is 23.8 Å². The molecule has 0 saturated heterocycles. The fraction of sp³-hybridized carbons (Fsp3) is 0.0556. The van der Waals surface area contributed by atoms with Gasteiger partial charge in [-0.3, -0.25) is 9.36 Å². The Bertz CT molecular complexity index is 1160. The first-order valence-corrected chi connectivity index (χ1v) is 7.63. The molecule has 2 N–H and O–H groups in total. The zero-order valence-electron chi connectivity index (χ0n) is 13.7. The first-order chi connectivity index (χ1) is 12.0. The van der Waals surface area contributed by atoms with Crippen molar-refractivity contribution in [1.29, 1.82) is 0 Å². The predicted molar refractivity (Wildman–Crippen MR) is 108 cm³/mol. The van der Waals surface area contributed by atoms with Crippen molar-refractivity contribution in [2.75, 3.05) is 0 Å². The molecule has 0 amide bonds. The number of imidazole rings is 1. The Morgan fingerprint density at radius 3 is 2.58 bits per heavy atom. The number of H-pyrrole nitrogens is 1. The van der Waals surface area contributed by atoms with E-state index in [9.17, 15) is 14.7 Å². The highest BCUT2D eigenvalue weighted by atomic mass is 127. The third-order valence-corrected chi connectivity index (χ3v) is 4.13. The summed E-state index contributed by atoms with van der Waals surface area (Å²) >= 11 is 0. The van der Waals surface area contributed by atoms with Gasteiger partial charge >= 0.3 is 5.97 Å². The molecule has 1 aromatic carbocycles. The van der Waals surface area contributed by atoms with Crippen LogP contribution in [0, 0.1) is 6.92 Å². The fourth-order valence-corrected chi connectivity index (χ4v) is 2.84. The maximum atomic E-state index is 11.8. The third-order valence-electron chi connectivity index (χ3n) is 4.13. The summed E-state index contributed by atoms with van der Waals surface area (Å²) in [5.74, 6) is -0.830. The monoisotopic (exact) mass is 462 g/mol. The van der Waals surface area contributed by atoms with Crippen molar-refractivity contribution in [1.82, 2.24) is 19.1 Å². The van der Waals surface area contributed by atoms with Crippen LogP contribution >= 0.6 is 24.0 Å². The Labute approximate surface area is 164 Å². The van der Waals surface area contributed by atoms with Gasteiger partial charge in [0.1, 0.15) is 5.69 Å². The van der Waals surface area contributed by atoms with Gasteiger partial charge in [0.15, 0.2) is 5.43 Å². The van der Waals surface area contributed by atoms with E-state index in [2.05, 4.69) is 9.97 Å². The second kappa shape index (κ2) is 6.79. The smallest absolute Gasteiger partial charge is 0.353 e. The lowest BCUT2D eigenvalue weighted by Crippen LogP contribution is -2.19. The molecular formula is C18H15IN4O3. The minimum Gasteiger partial charge on any atom is -0.477 e. The largest absolute Gasteiger partial charge is 0.477 e. The molecule has 0 atom stereocenters. The summed E-state index contributed by atoms with van der Waals surface area (Å²) < 4.78 is 3.35. The maximum absolute atomic E-state index is 11.8. The van der Waals surface area contributed by atoms with Crippen molar-refractivity contribution in [3.63, 3.8) is 0 Å². The molecule has 7 nitrogen and oxygen atoms in total. The van der Waals surface area contributed by atoms with E-state index in [1.807, 2.05) is 47.3 Å². The molecule has 0 fully saturated rings. The van der Waals surface area contributed by atoms with Gasteiger partial charge in [-0.05, 0) is 37.3 Å². The SMILES string of the molecule is Cc1c(C(=O)O)n(-c2nc3ccc(-n4cccc4)cc3[nH]2)ccc1=O.I. The summed E-state index contributed by atoms with van der Waals surface area (Å²) in [6.45, 7) is 1.50. The van der Waals surface area contributed by atoms with Gasteiger partial charge in [0.05, 0.1) is 11.0 Å². The van der Waals surface area contributed by atoms with Crippen LogP contribution in [0.2, 0.25) is 0 Å². The zero-order chi connectivity index (χ0) is 17.6. The van der Waals surface area contributed by atoms with Crippen molar-refractivity contribution in [2.45, 2.75) is 6.92 Å². The van der Waals surface area contributed by atoms with Crippen LogP contribution in [0.25, 0.3) is 22.7 Å². The van der Waals surface area contributed by atoms with Crippen LogP contribution < -0.4 is 5.43 Å². The number of hydrogen-bond acceptors (Lipinski definition) is 3. The minimum absolute atomic E-state index is 0. The number of carbonyl (C=O) groups is 1. The van der Waals surface area contributed by atoms with Crippen molar-refractivity contribution >= 4 is 41.0 Å². The van der Waals surface area contributed by atoms with E-state index in [-0.39, 0.29) is 40.7 Å². The molecule has 0 unspecified atom stereocenters. The molecule has 0 aliphatic carbocycles. The Kier molecular flexibility index (Phi) is 4.68. The number of fused-ring (bicyclic) bond motifs is 1. The molecule has 4 aromatic rings. The van der Waals surface area contributed by atoms with Crippen molar-refractivity contribution in [3.05, 3.63) is 76.5 Å². The quantitative estimate of drug-likeness (QED) is 0.458. The topological polar surface area (TPSA) is 92.9 Å². The van der Waals surface area contributed by atoms with E-state index >= 15 is 0 Å². The van der Waals surface area contributed by atoms with Crippen LogP contribution in [-0.2, 0) is 0 Å². The molecule has 0 saturated carbocycles. The number of benzene rings is 1. The standard InChI is InChI=1S/C18H14N4O3.HI/c1-11-15(23)6-9-22(16(11)17(24)25)18-19-13-5-4-12(10-14(13)20-18)21-7-2-3-8-21;/h2-10H,1H3,(H,19,20)(H,24,25);1H. The molecule has 0 aliphatic rings. The second-order valence-electron chi connectivity index (χ2n) is 5.68. The van der Waals surface area contributed by atoms with Gasteiger partial charge in [-0.1, -0.05) is 0 Å². The molecule has 26 heavy (non-hydrogen) atoms. The molecule has 4 rings (SSSR count). The highest BCUT2D eigenvalue weighted by molar-refractivity contribution is 14.0. The van der Waals surface area contributed by atoms with Gasteiger partial charge < -0.3 is 14.7 Å². The van der Waals surface area contributed by atoms with Crippen molar-refractivity contribution < 1.29 is 9.90 Å². The molecule has 0 aliphatic heterocycles. The van der Waals surface area contributed by atoms with Crippen LogP contribution in [0.5, 0.6) is 0 Å². The van der Waals surface area contributed by atoms with Crippen molar-refractivity contribution in [3.8, 4) is 11.6 Å². The summed E-state index contributed by atoms with van der Waals surface area (Å²) in [5.41, 5.74) is 2.19.